The van der Waals surface area contributed by atoms with E-state index >= 15 is 4.39 Å². The number of phenols is 1. The van der Waals surface area contributed by atoms with Crippen molar-refractivity contribution in [2.75, 3.05) is 0 Å². The van der Waals surface area contributed by atoms with Gasteiger partial charge in [0, 0.05) is 11.1 Å². The van der Waals surface area contributed by atoms with Crippen LogP contribution in [0.2, 0.25) is 0 Å². The van der Waals surface area contributed by atoms with Crippen molar-refractivity contribution in [1.82, 2.24) is 0 Å². The fourth-order valence-corrected chi connectivity index (χ4v) is 7.73. The van der Waals surface area contributed by atoms with Crippen LogP contribution >= 0.6 is 15.9 Å². The molecule has 0 spiro atoms. The summed E-state index contributed by atoms with van der Waals surface area (Å²) < 4.78 is 33.8. The molecule has 0 unspecified atom stereocenters. The van der Waals surface area contributed by atoms with Gasteiger partial charge in [0.05, 0.1) is 11.1 Å². The lowest BCUT2D eigenvalue weighted by molar-refractivity contribution is -0.141. The zero-order valence-corrected chi connectivity index (χ0v) is 33.9. The summed E-state index contributed by atoms with van der Waals surface area (Å²) in [6, 6.07) is 0. The quantitative estimate of drug-likeness (QED) is 0.123. The minimum absolute atomic E-state index is 0.0355. The van der Waals surface area contributed by atoms with Gasteiger partial charge in [-0.1, -0.05) is 37.1 Å². The highest BCUT2D eigenvalue weighted by molar-refractivity contribution is 9.10. The molecule has 1 aliphatic carbocycles. The van der Waals surface area contributed by atoms with Gasteiger partial charge in [-0.2, -0.15) is 0 Å². The van der Waals surface area contributed by atoms with E-state index in [9.17, 15) is 29.4 Å². The lowest BCUT2D eigenvalue weighted by atomic mass is 9.73. The van der Waals surface area contributed by atoms with Crippen LogP contribution in [0.25, 0.3) is 0 Å². The van der Waals surface area contributed by atoms with Crippen LogP contribution in [0.4, 0.5) is 4.39 Å². The molecule has 0 atom stereocenters. The number of allylic oxidation sites excluding steroid dienone is 2. The maximum absolute atomic E-state index is 16.3. The van der Waals surface area contributed by atoms with Crippen molar-refractivity contribution in [3.8, 4) is 23.0 Å². The fraction of sp³-hybridized carbons (Fsp3) is 0.381. The summed E-state index contributed by atoms with van der Waals surface area (Å²) >= 11 is 3.30. The van der Waals surface area contributed by atoms with Gasteiger partial charge in [0.1, 0.15) is 27.0 Å². The normalized spacial score (nSPS) is 13.6. The molecule has 4 rings (SSSR count). The second-order valence-electron chi connectivity index (χ2n) is 13.7. The molecule has 1 aliphatic rings. The van der Waals surface area contributed by atoms with Crippen LogP contribution in [0.3, 0.4) is 0 Å². The Morgan fingerprint density at radius 3 is 1.66 bits per heavy atom. The van der Waals surface area contributed by atoms with E-state index in [-0.39, 0.29) is 55.8 Å². The third-order valence-corrected chi connectivity index (χ3v) is 11.8. The van der Waals surface area contributed by atoms with Gasteiger partial charge in [0.15, 0.2) is 17.3 Å². The highest BCUT2D eigenvalue weighted by Gasteiger charge is 2.41. The van der Waals surface area contributed by atoms with E-state index in [4.69, 9.17) is 14.2 Å². The smallest absolute Gasteiger partial charge is 0.347 e. The Morgan fingerprint density at radius 2 is 1.13 bits per heavy atom. The summed E-state index contributed by atoms with van der Waals surface area (Å²) in [5.41, 5.74) is 3.51. The average Bonchev–Trinajstić information content (AvgIpc) is 3.09. The molecule has 3 aromatic rings. The number of benzene rings is 3. The number of phenolic OH excluding ortho intramolecular Hbond substituents is 1. The molecule has 0 saturated carbocycles. The molecule has 0 saturated heterocycles. The minimum Gasteiger partial charge on any atom is -0.506 e. The van der Waals surface area contributed by atoms with Crippen LogP contribution in [0.5, 0.6) is 23.0 Å². The van der Waals surface area contributed by atoms with Crippen molar-refractivity contribution in [1.29, 1.82) is 0 Å². The van der Waals surface area contributed by atoms with Crippen molar-refractivity contribution < 1.29 is 48.0 Å². The predicted molar refractivity (Wildman–Crippen MR) is 203 cm³/mol. The van der Waals surface area contributed by atoms with Gasteiger partial charge < -0.3 is 24.4 Å². The van der Waals surface area contributed by atoms with Crippen LogP contribution in [0.1, 0.15) is 122 Å². The molecule has 0 bridgehead atoms. The van der Waals surface area contributed by atoms with E-state index in [1.807, 2.05) is 32.9 Å². The first-order valence-corrected chi connectivity index (χ1v) is 18.2. The standard InChI is InChI=1S/C42H46BrFO9/c1-13-27-24(9)29(38(46)47)20(5)22(7)35(27)51-39(48)30-25(10)28(14-2)37(33(44)26(30)11)52-40(49)31-21(6)23(8)36(32(43)34(31)45)53-41(50)42(12)18(3)16-15-17-19(42)4/h16-17,45H,13-15H2,1-12H3,(H,46,47). The summed E-state index contributed by atoms with van der Waals surface area (Å²) in [7, 11) is 0. The Bertz CT molecular complexity index is 2130. The molecule has 11 heteroatoms. The van der Waals surface area contributed by atoms with Crippen LogP contribution in [-0.2, 0) is 17.6 Å². The summed E-state index contributed by atoms with van der Waals surface area (Å²) in [5.74, 6) is -5.20. The van der Waals surface area contributed by atoms with Crippen molar-refractivity contribution in [2.24, 2.45) is 5.41 Å². The summed E-state index contributed by atoms with van der Waals surface area (Å²) in [6.45, 7) is 20.2. The number of aromatic hydroxyl groups is 1. The van der Waals surface area contributed by atoms with E-state index in [1.165, 1.54) is 6.92 Å². The molecule has 282 valence electrons. The Kier molecular flexibility index (Phi) is 11.8. The summed E-state index contributed by atoms with van der Waals surface area (Å²) in [6.07, 6.45) is 5.16. The summed E-state index contributed by atoms with van der Waals surface area (Å²) in [5, 5.41) is 21.1. The monoisotopic (exact) mass is 792 g/mol. The Hall–Kier alpha value is -4.77. The largest absolute Gasteiger partial charge is 0.506 e. The highest BCUT2D eigenvalue weighted by Crippen LogP contribution is 2.46. The molecule has 9 nitrogen and oxygen atoms in total. The number of carboxylic acid groups (broad SMARTS) is 1. The third kappa shape index (κ3) is 6.80. The fourth-order valence-electron chi connectivity index (χ4n) is 7.15. The lowest BCUT2D eigenvalue weighted by Crippen LogP contribution is -2.35. The van der Waals surface area contributed by atoms with Gasteiger partial charge in [0.25, 0.3) is 0 Å². The number of carbonyl (C=O) groups is 4. The maximum atomic E-state index is 16.3. The number of rotatable bonds is 9. The van der Waals surface area contributed by atoms with Gasteiger partial charge in [0.2, 0.25) is 0 Å². The van der Waals surface area contributed by atoms with Crippen molar-refractivity contribution >= 4 is 39.8 Å². The average molecular weight is 794 g/mol. The predicted octanol–water partition coefficient (Wildman–Crippen LogP) is 9.92. The van der Waals surface area contributed by atoms with E-state index in [0.29, 0.717) is 46.2 Å². The SMILES string of the molecule is CCc1c(C)c(C(=O)O)c(C)c(C)c1OC(=O)c1c(C)c(F)c(OC(=O)c2c(C)c(C)c(OC(=O)C3(C)C(C)=CCC=C3C)c(Br)c2O)c(CC)c1C. The van der Waals surface area contributed by atoms with Crippen LogP contribution < -0.4 is 14.2 Å². The number of carbonyl (C=O) groups excluding carboxylic acids is 3. The van der Waals surface area contributed by atoms with E-state index in [2.05, 4.69) is 15.9 Å². The van der Waals surface area contributed by atoms with E-state index < -0.39 is 46.6 Å². The Morgan fingerprint density at radius 1 is 0.679 bits per heavy atom. The first-order chi connectivity index (χ1) is 24.7. The molecule has 0 amide bonds. The molecular weight excluding hydrogens is 747 g/mol. The van der Waals surface area contributed by atoms with E-state index in [1.54, 1.807) is 55.4 Å². The van der Waals surface area contributed by atoms with E-state index in [0.717, 1.165) is 11.1 Å². The third-order valence-electron chi connectivity index (χ3n) is 11.1. The zero-order valence-electron chi connectivity index (χ0n) is 32.3. The summed E-state index contributed by atoms with van der Waals surface area (Å²) in [4.78, 5) is 53.2. The second-order valence-corrected chi connectivity index (χ2v) is 14.5. The first-order valence-electron chi connectivity index (χ1n) is 17.4. The molecular formula is C42H46BrFO9. The van der Waals surface area contributed by atoms with Gasteiger partial charge >= 0.3 is 23.9 Å². The molecule has 0 heterocycles. The van der Waals surface area contributed by atoms with Crippen molar-refractivity contribution in [3.63, 3.8) is 0 Å². The first kappa shape index (κ1) is 41.0. The van der Waals surface area contributed by atoms with Gasteiger partial charge in [-0.05, 0) is 143 Å². The lowest BCUT2D eigenvalue weighted by Gasteiger charge is -2.32. The Labute approximate surface area is 318 Å². The Balaban J connectivity index is 1.74. The molecule has 53 heavy (non-hydrogen) atoms. The number of hydrogen-bond donors (Lipinski definition) is 2. The van der Waals surface area contributed by atoms with Crippen LogP contribution in [0, 0.1) is 59.7 Å². The van der Waals surface area contributed by atoms with Crippen molar-refractivity contribution in [3.05, 3.63) is 100 Å². The minimum atomic E-state index is -1.09. The highest BCUT2D eigenvalue weighted by atomic mass is 79.9. The molecule has 3 aromatic carbocycles. The zero-order chi connectivity index (χ0) is 40.0. The van der Waals surface area contributed by atoms with Gasteiger partial charge in [-0.25, -0.2) is 18.8 Å². The maximum Gasteiger partial charge on any atom is 0.347 e. The molecule has 0 aliphatic heterocycles. The topological polar surface area (TPSA) is 136 Å². The van der Waals surface area contributed by atoms with Crippen LogP contribution in [-0.4, -0.2) is 34.1 Å². The number of carboxylic acids is 1. The molecule has 0 radical (unpaired) electrons. The van der Waals surface area contributed by atoms with Crippen LogP contribution in [0.15, 0.2) is 27.8 Å². The molecule has 2 N–H and O–H groups in total. The molecule has 0 aromatic heterocycles. The van der Waals surface area contributed by atoms with Gasteiger partial charge in [-0.3, -0.25) is 4.79 Å². The number of esters is 3. The number of ether oxygens (including phenoxy) is 3. The van der Waals surface area contributed by atoms with Crippen molar-refractivity contribution in [2.45, 2.75) is 102 Å². The number of halogens is 2. The molecule has 0 fully saturated rings. The number of aromatic carboxylic acids is 1. The van der Waals surface area contributed by atoms with Gasteiger partial charge in [-0.15, -0.1) is 0 Å². The second kappa shape index (κ2) is 15.3. The number of hydrogen-bond acceptors (Lipinski definition) is 8.